The predicted octanol–water partition coefficient (Wildman–Crippen LogP) is 3.54. The van der Waals surface area contributed by atoms with E-state index in [0.717, 1.165) is 5.56 Å². The molecular formula is C20H27NO6S. The van der Waals surface area contributed by atoms with Crippen molar-refractivity contribution in [2.24, 2.45) is 0 Å². The summed E-state index contributed by atoms with van der Waals surface area (Å²) in [5.41, 5.74) is 0.760. The lowest BCUT2D eigenvalue weighted by Gasteiger charge is -2.18. The van der Waals surface area contributed by atoms with E-state index in [9.17, 15) is 8.42 Å². The van der Waals surface area contributed by atoms with Gasteiger partial charge in [-0.25, -0.2) is 13.1 Å². The van der Waals surface area contributed by atoms with Crippen LogP contribution in [-0.2, 0) is 10.0 Å². The quantitative estimate of drug-likeness (QED) is 0.646. The molecule has 8 heteroatoms. The molecule has 0 amide bonds. The maximum absolute atomic E-state index is 12.8. The zero-order valence-electron chi connectivity index (χ0n) is 16.8. The second kappa shape index (κ2) is 9.66. The number of hydrogen-bond acceptors (Lipinski definition) is 6. The molecule has 28 heavy (non-hydrogen) atoms. The SMILES string of the molecule is CCOc1ccc([C@@H](C)NS(=O)(=O)c2ccc(OC)c(OC)c2)cc1OCC. The number of methoxy groups -OCH3 is 2. The first kappa shape index (κ1) is 21.8. The molecule has 2 aromatic rings. The van der Waals surface area contributed by atoms with Gasteiger partial charge in [-0.1, -0.05) is 6.07 Å². The molecule has 0 bridgehead atoms. The van der Waals surface area contributed by atoms with Gasteiger partial charge in [0.05, 0.1) is 32.3 Å². The second-order valence-corrected chi connectivity index (χ2v) is 7.65. The Morgan fingerprint density at radius 1 is 0.857 bits per heavy atom. The largest absolute Gasteiger partial charge is 0.493 e. The van der Waals surface area contributed by atoms with E-state index in [1.165, 1.54) is 26.4 Å². The minimum Gasteiger partial charge on any atom is -0.493 e. The van der Waals surface area contributed by atoms with Crippen LogP contribution < -0.4 is 23.7 Å². The lowest BCUT2D eigenvalue weighted by Crippen LogP contribution is -2.27. The van der Waals surface area contributed by atoms with Gasteiger partial charge in [-0.3, -0.25) is 0 Å². The fourth-order valence-electron chi connectivity index (χ4n) is 2.69. The Bertz CT molecular complexity index is 898. The molecule has 7 nitrogen and oxygen atoms in total. The van der Waals surface area contributed by atoms with E-state index in [0.29, 0.717) is 36.2 Å². The van der Waals surface area contributed by atoms with Crippen LogP contribution >= 0.6 is 0 Å². The number of rotatable bonds is 10. The van der Waals surface area contributed by atoms with Gasteiger partial charge in [-0.2, -0.15) is 0 Å². The predicted molar refractivity (Wildman–Crippen MR) is 107 cm³/mol. The summed E-state index contributed by atoms with van der Waals surface area (Å²) in [5.74, 6) is 2.02. The van der Waals surface area contributed by atoms with E-state index in [1.54, 1.807) is 25.1 Å². The highest BCUT2D eigenvalue weighted by atomic mass is 32.2. The van der Waals surface area contributed by atoms with Gasteiger partial charge in [-0.05, 0) is 50.6 Å². The molecule has 1 atom stereocenters. The molecule has 0 aliphatic heterocycles. The van der Waals surface area contributed by atoms with Crippen LogP contribution in [0.2, 0.25) is 0 Å². The molecule has 0 aliphatic carbocycles. The Hall–Kier alpha value is -2.45. The molecule has 0 saturated carbocycles. The Morgan fingerprint density at radius 2 is 1.46 bits per heavy atom. The number of nitrogens with one attached hydrogen (secondary N) is 1. The molecule has 0 unspecified atom stereocenters. The summed E-state index contributed by atoms with van der Waals surface area (Å²) in [4.78, 5) is 0.0907. The van der Waals surface area contributed by atoms with E-state index < -0.39 is 16.1 Å². The van der Waals surface area contributed by atoms with E-state index in [-0.39, 0.29) is 4.90 Å². The smallest absolute Gasteiger partial charge is 0.241 e. The van der Waals surface area contributed by atoms with Crippen LogP contribution in [0.4, 0.5) is 0 Å². The van der Waals surface area contributed by atoms with Crippen molar-refractivity contribution in [3.8, 4) is 23.0 Å². The van der Waals surface area contributed by atoms with Gasteiger partial charge in [0.2, 0.25) is 10.0 Å². The fourth-order valence-corrected chi connectivity index (χ4v) is 3.94. The van der Waals surface area contributed by atoms with E-state index in [1.807, 2.05) is 19.9 Å². The molecular weight excluding hydrogens is 382 g/mol. The highest BCUT2D eigenvalue weighted by Crippen LogP contribution is 2.32. The topological polar surface area (TPSA) is 83.1 Å². The van der Waals surface area contributed by atoms with Crippen molar-refractivity contribution in [1.29, 1.82) is 0 Å². The Morgan fingerprint density at radius 3 is 2.07 bits per heavy atom. The van der Waals surface area contributed by atoms with Gasteiger partial charge < -0.3 is 18.9 Å². The first-order valence-corrected chi connectivity index (χ1v) is 10.5. The molecule has 0 saturated heterocycles. The van der Waals surface area contributed by atoms with Gasteiger partial charge >= 0.3 is 0 Å². The normalized spacial score (nSPS) is 12.3. The van der Waals surface area contributed by atoms with Crippen LogP contribution in [0, 0.1) is 0 Å². The van der Waals surface area contributed by atoms with Crippen LogP contribution in [0.1, 0.15) is 32.4 Å². The first-order valence-electron chi connectivity index (χ1n) is 9.00. The highest BCUT2D eigenvalue weighted by molar-refractivity contribution is 7.89. The Kier molecular flexibility index (Phi) is 7.53. The molecule has 0 radical (unpaired) electrons. The molecule has 1 N–H and O–H groups in total. The average Bonchev–Trinajstić information content (AvgIpc) is 2.68. The number of sulfonamides is 1. The average molecular weight is 410 g/mol. The minimum atomic E-state index is -3.77. The van der Waals surface area contributed by atoms with E-state index in [4.69, 9.17) is 18.9 Å². The number of benzene rings is 2. The summed E-state index contributed by atoms with van der Waals surface area (Å²) in [6, 6.07) is 9.37. The van der Waals surface area contributed by atoms with Crippen molar-refractivity contribution in [2.45, 2.75) is 31.7 Å². The van der Waals surface area contributed by atoms with Crippen molar-refractivity contribution in [1.82, 2.24) is 4.72 Å². The summed E-state index contributed by atoms with van der Waals surface area (Å²) in [6.07, 6.45) is 0. The van der Waals surface area contributed by atoms with Crippen LogP contribution in [0.25, 0.3) is 0 Å². The molecule has 2 rings (SSSR count). The standard InChI is InChI=1S/C20H27NO6S/c1-6-26-18-10-8-15(12-20(18)27-7-2)14(3)21-28(22,23)16-9-11-17(24-4)19(13-16)25-5/h8-14,21H,6-7H2,1-5H3/t14-/m1/s1. The highest BCUT2D eigenvalue weighted by Gasteiger charge is 2.21. The van der Waals surface area contributed by atoms with Gasteiger partial charge in [0.25, 0.3) is 0 Å². The third-order valence-corrected chi connectivity index (χ3v) is 5.60. The zero-order valence-corrected chi connectivity index (χ0v) is 17.6. The van der Waals surface area contributed by atoms with Gasteiger partial charge in [0.1, 0.15) is 0 Å². The van der Waals surface area contributed by atoms with Gasteiger partial charge in [-0.15, -0.1) is 0 Å². The van der Waals surface area contributed by atoms with Crippen LogP contribution in [0.5, 0.6) is 23.0 Å². The monoisotopic (exact) mass is 409 g/mol. The molecule has 2 aromatic carbocycles. The van der Waals surface area contributed by atoms with E-state index in [2.05, 4.69) is 4.72 Å². The summed E-state index contributed by atoms with van der Waals surface area (Å²) in [6.45, 7) is 6.54. The van der Waals surface area contributed by atoms with Crippen LogP contribution in [-0.4, -0.2) is 35.9 Å². The maximum atomic E-state index is 12.8. The molecule has 0 spiro atoms. The van der Waals surface area contributed by atoms with Crippen LogP contribution in [0.15, 0.2) is 41.3 Å². The summed E-state index contributed by atoms with van der Waals surface area (Å²) in [5, 5.41) is 0. The summed E-state index contributed by atoms with van der Waals surface area (Å²) >= 11 is 0. The number of ether oxygens (including phenoxy) is 4. The summed E-state index contributed by atoms with van der Waals surface area (Å²) < 4.78 is 49.8. The van der Waals surface area contributed by atoms with Crippen molar-refractivity contribution in [3.05, 3.63) is 42.0 Å². The van der Waals surface area contributed by atoms with Crippen molar-refractivity contribution in [2.75, 3.05) is 27.4 Å². The van der Waals surface area contributed by atoms with Crippen LogP contribution in [0.3, 0.4) is 0 Å². The molecule has 0 aromatic heterocycles. The molecule has 0 heterocycles. The summed E-state index contributed by atoms with van der Waals surface area (Å²) in [7, 11) is -0.816. The third-order valence-electron chi connectivity index (χ3n) is 4.06. The minimum absolute atomic E-state index is 0.0907. The first-order chi connectivity index (χ1) is 13.4. The lowest BCUT2D eigenvalue weighted by molar-refractivity contribution is 0.287. The third kappa shape index (κ3) is 5.08. The lowest BCUT2D eigenvalue weighted by atomic mass is 10.1. The van der Waals surface area contributed by atoms with Gasteiger partial charge in [0, 0.05) is 12.1 Å². The Balaban J connectivity index is 2.28. The van der Waals surface area contributed by atoms with Crippen molar-refractivity contribution < 1.29 is 27.4 Å². The molecule has 154 valence electrons. The maximum Gasteiger partial charge on any atom is 0.241 e. The molecule has 0 fully saturated rings. The zero-order chi connectivity index (χ0) is 20.7. The fraction of sp³-hybridized carbons (Fsp3) is 0.400. The molecule has 0 aliphatic rings. The number of hydrogen-bond donors (Lipinski definition) is 1. The second-order valence-electron chi connectivity index (χ2n) is 5.93. The van der Waals surface area contributed by atoms with E-state index >= 15 is 0 Å². The van der Waals surface area contributed by atoms with Crippen molar-refractivity contribution in [3.63, 3.8) is 0 Å². The van der Waals surface area contributed by atoms with Gasteiger partial charge in [0.15, 0.2) is 23.0 Å². The van der Waals surface area contributed by atoms with Crippen molar-refractivity contribution >= 4 is 10.0 Å². The Labute approximate surface area is 166 Å².